The van der Waals surface area contributed by atoms with Gasteiger partial charge in [-0.1, -0.05) is 54.6 Å². The third kappa shape index (κ3) is 12.4. The summed E-state index contributed by atoms with van der Waals surface area (Å²) in [7, 11) is 0. The van der Waals surface area contributed by atoms with Gasteiger partial charge in [0.25, 0.3) is 0 Å². The summed E-state index contributed by atoms with van der Waals surface area (Å²) in [6.45, 7) is 0. The lowest BCUT2D eigenvalue weighted by molar-refractivity contribution is 0.0725. The highest BCUT2D eigenvalue weighted by molar-refractivity contribution is 5.92. The number of hydrogen-bond donors (Lipinski definition) is 0. The topological polar surface area (TPSA) is 185 Å². The van der Waals surface area contributed by atoms with Crippen LogP contribution >= 0.6 is 0 Å². The zero-order valence-electron chi connectivity index (χ0n) is 32.4. The molecule has 0 radical (unpaired) electrons. The van der Waals surface area contributed by atoms with Crippen molar-refractivity contribution in [2.75, 3.05) is 0 Å². The third-order valence-electron chi connectivity index (χ3n) is 8.19. The number of esters is 3. The van der Waals surface area contributed by atoms with Crippen molar-refractivity contribution in [1.29, 1.82) is 0 Å². The van der Waals surface area contributed by atoms with E-state index in [2.05, 4.69) is 0 Å². The first-order chi connectivity index (χ1) is 30.6. The monoisotopic (exact) mass is 846 g/mol. The average molecular weight is 847 g/mol. The maximum absolute atomic E-state index is 12.9. The van der Waals surface area contributed by atoms with Crippen LogP contribution in [0.25, 0.3) is 0 Å². The van der Waals surface area contributed by atoms with Gasteiger partial charge >= 0.3 is 36.4 Å². The SMILES string of the molecule is O=C(Oc1ccc(OC(=O)c2ccccc2)cc1)Oc1cc(OC(=O)Oc2ccc(OC(=O)c3ccccc3)cc2)cc(OC(=O)Oc2ccc(OC(=O)c3ccccc3)cc2)c1. The zero-order chi connectivity index (χ0) is 44.0. The van der Waals surface area contributed by atoms with Crippen LogP contribution in [-0.4, -0.2) is 36.4 Å². The molecular weight excluding hydrogens is 817 g/mol. The molecule has 0 unspecified atom stereocenters. The van der Waals surface area contributed by atoms with Gasteiger partial charge in [0.1, 0.15) is 51.7 Å². The predicted octanol–water partition coefficient (Wildman–Crippen LogP) is 10.1. The lowest BCUT2D eigenvalue weighted by atomic mass is 10.2. The van der Waals surface area contributed by atoms with Gasteiger partial charge in [-0.05, 0) is 109 Å². The molecule has 0 atom stereocenters. The van der Waals surface area contributed by atoms with E-state index in [1.807, 2.05) is 0 Å². The maximum Gasteiger partial charge on any atom is 0.519 e. The molecule has 0 aliphatic carbocycles. The van der Waals surface area contributed by atoms with Gasteiger partial charge in [0.05, 0.1) is 16.7 Å². The molecule has 15 heteroatoms. The average Bonchev–Trinajstić information content (AvgIpc) is 3.29. The fraction of sp³-hybridized carbons (Fsp3) is 0. The predicted molar refractivity (Wildman–Crippen MR) is 220 cm³/mol. The summed E-state index contributed by atoms with van der Waals surface area (Å²) in [6.07, 6.45) is -3.75. The Morgan fingerprint density at radius 2 is 0.413 bits per heavy atom. The molecule has 0 N–H and O–H groups in total. The first kappa shape index (κ1) is 41.9. The van der Waals surface area contributed by atoms with E-state index in [-0.39, 0.29) is 51.7 Å². The van der Waals surface area contributed by atoms with Crippen molar-refractivity contribution in [1.82, 2.24) is 0 Å². The van der Waals surface area contributed by atoms with Crippen LogP contribution in [0.4, 0.5) is 14.4 Å². The highest BCUT2D eigenvalue weighted by Gasteiger charge is 2.18. The van der Waals surface area contributed by atoms with Gasteiger partial charge in [0.2, 0.25) is 0 Å². The fourth-order valence-electron chi connectivity index (χ4n) is 5.31. The van der Waals surface area contributed by atoms with Crippen LogP contribution in [0.2, 0.25) is 0 Å². The molecule has 7 aromatic carbocycles. The summed E-state index contributed by atoms with van der Waals surface area (Å²) in [4.78, 5) is 75.8. The quantitative estimate of drug-likeness (QED) is 0.0642. The van der Waals surface area contributed by atoms with Crippen molar-refractivity contribution >= 4 is 36.4 Å². The van der Waals surface area contributed by atoms with Gasteiger partial charge < -0.3 is 42.6 Å². The summed E-state index contributed by atoms with van der Waals surface area (Å²) in [5.41, 5.74) is 1.02. The summed E-state index contributed by atoms with van der Waals surface area (Å²) in [5.74, 6) is -2.11. The third-order valence-corrected chi connectivity index (χ3v) is 8.19. The molecule has 0 saturated heterocycles. The van der Waals surface area contributed by atoms with Crippen LogP contribution in [0, 0.1) is 0 Å². The van der Waals surface area contributed by atoms with Crippen LogP contribution in [0.5, 0.6) is 51.7 Å². The Morgan fingerprint density at radius 1 is 0.222 bits per heavy atom. The lowest BCUT2D eigenvalue weighted by Crippen LogP contribution is -2.17. The van der Waals surface area contributed by atoms with E-state index in [1.54, 1.807) is 91.0 Å². The van der Waals surface area contributed by atoms with Crippen molar-refractivity contribution in [3.8, 4) is 51.7 Å². The van der Waals surface area contributed by atoms with Crippen molar-refractivity contribution in [3.05, 3.63) is 199 Å². The van der Waals surface area contributed by atoms with Gasteiger partial charge in [0, 0.05) is 18.2 Å². The number of hydrogen-bond acceptors (Lipinski definition) is 15. The van der Waals surface area contributed by atoms with Gasteiger partial charge in [-0.15, -0.1) is 0 Å². The van der Waals surface area contributed by atoms with E-state index in [9.17, 15) is 28.8 Å². The fourth-order valence-corrected chi connectivity index (χ4v) is 5.31. The molecule has 312 valence electrons. The molecule has 0 bridgehead atoms. The van der Waals surface area contributed by atoms with E-state index in [0.29, 0.717) is 16.7 Å². The molecule has 0 saturated carbocycles. The molecule has 15 nitrogen and oxygen atoms in total. The van der Waals surface area contributed by atoms with Crippen LogP contribution in [0.15, 0.2) is 182 Å². The standard InChI is InChI=1S/C48H30O15/c49-43(31-10-4-1-5-11-31)55-34-16-22-37(23-17-34)58-46(52)61-40-28-41(62-47(53)59-38-24-18-35(19-25-38)56-44(50)32-12-6-2-7-13-32)30-42(29-40)63-48(54)60-39-26-20-36(21-27-39)57-45(51)33-14-8-3-9-15-33/h1-30H. The molecule has 0 amide bonds. The summed E-state index contributed by atoms with van der Waals surface area (Å²) >= 11 is 0. The highest BCUT2D eigenvalue weighted by Crippen LogP contribution is 2.30. The molecule has 63 heavy (non-hydrogen) atoms. The van der Waals surface area contributed by atoms with Crippen molar-refractivity contribution < 1.29 is 71.4 Å². The number of ether oxygens (including phenoxy) is 9. The Hall–Kier alpha value is -9.24. The molecule has 0 aromatic heterocycles. The minimum absolute atomic E-state index is 0.0113. The Bertz CT molecular complexity index is 2410. The molecule has 0 heterocycles. The van der Waals surface area contributed by atoms with Crippen molar-refractivity contribution in [2.24, 2.45) is 0 Å². The van der Waals surface area contributed by atoms with Gasteiger partial charge in [-0.25, -0.2) is 28.8 Å². The molecule has 0 fully saturated rings. The molecule has 7 aromatic rings. The Kier molecular flexibility index (Phi) is 13.4. The number of carbonyl (C=O) groups excluding carboxylic acids is 6. The largest absolute Gasteiger partial charge is 0.519 e. The summed E-state index contributed by atoms with van der Waals surface area (Å²) < 4.78 is 47.7. The smallest absolute Gasteiger partial charge is 0.423 e. The van der Waals surface area contributed by atoms with E-state index >= 15 is 0 Å². The molecule has 7 rings (SSSR count). The van der Waals surface area contributed by atoms with E-state index in [0.717, 1.165) is 18.2 Å². The first-order valence-electron chi connectivity index (χ1n) is 18.6. The normalized spacial score (nSPS) is 10.3. The van der Waals surface area contributed by atoms with E-state index in [1.165, 1.54) is 72.8 Å². The number of rotatable bonds is 12. The summed E-state index contributed by atoms with van der Waals surface area (Å²) in [5, 5.41) is 0. The second kappa shape index (κ2) is 20.1. The first-order valence-corrected chi connectivity index (χ1v) is 18.6. The lowest BCUT2D eigenvalue weighted by Gasteiger charge is -2.12. The second-order valence-electron chi connectivity index (χ2n) is 12.7. The van der Waals surface area contributed by atoms with Crippen molar-refractivity contribution in [3.63, 3.8) is 0 Å². The Balaban J connectivity index is 1.00. The molecular formula is C48H30O15. The number of benzene rings is 7. The molecule has 0 aliphatic heterocycles. The van der Waals surface area contributed by atoms with Gasteiger partial charge in [0.15, 0.2) is 0 Å². The zero-order valence-corrected chi connectivity index (χ0v) is 32.4. The minimum atomic E-state index is -1.25. The summed E-state index contributed by atoms with van der Waals surface area (Å²) in [6, 6.07) is 44.9. The van der Waals surface area contributed by atoms with Gasteiger partial charge in [-0.2, -0.15) is 0 Å². The van der Waals surface area contributed by atoms with E-state index < -0.39 is 36.4 Å². The Morgan fingerprint density at radius 3 is 0.635 bits per heavy atom. The van der Waals surface area contributed by atoms with Crippen LogP contribution < -0.4 is 42.6 Å². The van der Waals surface area contributed by atoms with Crippen LogP contribution in [-0.2, 0) is 0 Å². The minimum Gasteiger partial charge on any atom is -0.423 e. The van der Waals surface area contributed by atoms with Crippen LogP contribution in [0.1, 0.15) is 31.1 Å². The molecule has 0 spiro atoms. The number of carbonyl (C=O) groups is 6. The maximum atomic E-state index is 12.9. The van der Waals surface area contributed by atoms with Crippen LogP contribution in [0.3, 0.4) is 0 Å². The van der Waals surface area contributed by atoms with Gasteiger partial charge in [-0.3, -0.25) is 0 Å². The van der Waals surface area contributed by atoms with E-state index in [4.69, 9.17) is 42.6 Å². The highest BCUT2D eigenvalue weighted by atomic mass is 16.7. The van der Waals surface area contributed by atoms with Crippen molar-refractivity contribution in [2.45, 2.75) is 0 Å². The Labute approximate surface area is 357 Å². The second-order valence-corrected chi connectivity index (χ2v) is 12.7. The molecule has 0 aliphatic rings.